The maximum absolute atomic E-state index is 12.0. The lowest BCUT2D eigenvalue weighted by Gasteiger charge is -2.21. The second-order valence-corrected chi connectivity index (χ2v) is 5.12. The van der Waals surface area contributed by atoms with Gasteiger partial charge in [0.05, 0.1) is 16.2 Å². The van der Waals surface area contributed by atoms with E-state index in [0.29, 0.717) is 12.2 Å². The van der Waals surface area contributed by atoms with E-state index in [-0.39, 0.29) is 17.2 Å². The van der Waals surface area contributed by atoms with Gasteiger partial charge in [-0.05, 0) is 25.1 Å². The van der Waals surface area contributed by atoms with Gasteiger partial charge in [-0.15, -0.1) is 0 Å². The average Bonchev–Trinajstić information content (AvgIpc) is 2.70. The third kappa shape index (κ3) is 2.92. The van der Waals surface area contributed by atoms with Crippen molar-refractivity contribution in [2.45, 2.75) is 13.8 Å². The smallest absolute Gasteiger partial charge is 0.299 e. The molecule has 1 atom stereocenters. The summed E-state index contributed by atoms with van der Waals surface area (Å²) in [6.45, 7) is 5.94. The highest BCUT2D eigenvalue weighted by Crippen LogP contribution is 2.32. The highest BCUT2D eigenvalue weighted by Gasteiger charge is 2.37. The first-order valence-corrected chi connectivity index (χ1v) is 6.81. The van der Waals surface area contributed by atoms with Crippen molar-refractivity contribution in [1.82, 2.24) is 5.32 Å². The fourth-order valence-corrected chi connectivity index (χ4v) is 2.35. The van der Waals surface area contributed by atoms with Crippen LogP contribution in [-0.4, -0.2) is 36.2 Å². The number of nitro groups is 1. The van der Waals surface area contributed by atoms with Crippen LogP contribution in [-0.2, 0) is 4.79 Å². The van der Waals surface area contributed by atoms with E-state index in [2.05, 4.69) is 5.32 Å². The summed E-state index contributed by atoms with van der Waals surface area (Å²) in [6, 6.07) is 3.95. The van der Waals surface area contributed by atoms with Gasteiger partial charge in [-0.2, -0.15) is 0 Å². The molecular formula is C14H17N3O4. The van der Waals surface area contributed by atoms with Gasteiger partial charge in [0.2, 0.25) is 0 Å². The van der Waals surface area contributed by atoms with Crippen LogP contribution < -0.4 is 10.2 Å². The molecule has 0 aromatic heterocycles. The van der Waals surface area contributed by atoms with Crippen molar-refractivity contribution in [1.29, 1.82) is 0 Å². The number of nitro benzene ring substituents is 1. The van der Waals surface area contributed by atoms with Crippen LogP contribution in [0.25, 0.3) is 0 Å². The van der Waals surface area contributed by atoms with Crippen LogP contribution in [0.2, 0.25) is 0 Å². The molecule has 0 aliphatic carbocycles. The van der Waals surface area contributed by atoms with E-state index in [0.717, 1.165) is 13.1 Å². The minimum atomic E-state index is -0.677. The number of non-ortho nitro benzene ring substituents is 1. The molecule has 0 bridgehead atoms. The van der Waals surface area contributed by atoms with Gasteiger partial charge in [0.15, 0.2) is 0 Å². The molecule has 1 aliphatic rings. The van der Waals surface area contributed by atoms with Crippen LogP contribution in [0.15, 0.2) is 18.2 Å². The zero-order valence-corrected chi connectivity index (χ0v) is 12.0. The monoisotopic (exact) mass is 291 g/mol. The fourth-order valence-electron chi connectivity index (χ4n) is 2.35. The quantitative estimate of drug-likeness (QED) is 0.485. The molecule has 0 spiro atoms. The van der Waals surface area contributed by atoms with Crippen molar-refractivity contribution in [3.63, 3.8) is 0 Å². The van der Waals surface area contributed by atoms with Crippen LogP contribution in [0.4, 0.5) is 11.4 Å². The number of anilines is 1. The average molecular weight is 291 g/mol. The van der Waals surface area contributed by atoms with Crippen molar-refractivity contribution in [3.8, 4) is 0 Å². The van der Waals surface area contributed by atoms with Crippen molar-refractivity contribution < 1.29 is 14.5 Å². The molecule has 0 radical (unpaired) electrons. The Kier molecular flexibility index (Phi) is 4.32. The number of nitrogens with zero attached hydrogens (tertiary/aromatic N) is 2. The molecule has 0 fully saturated rings. The molecule has 0 saturated heterocycles. The number of rotatable bonds is 6. The third-order valence-corrected chi connectivity index (χ3v) is 3.40. The van der Waals surface area contributed by atoms with E-state index in [1.807, 2.05) is 13.8 Å². The number of nitrogens with one attached hydrogen (secondary N) is 1. The first-order chi connectivity index (χ1) is 9.95. The maximum atomic E-state index is 12.0. The second kappa shape index (κ2) is 6.01. The van der Waals surface area contributed by atoms with Crippen LogP contribution in [0.5, 0.6) is 0 Å². The fraction of sp³-hybridized carbons (Fsp3) is 0.429. The topological polar surface area (TPSA) is 92.6 Å². The summed E-state index contributed by atoms with van der Waals surface area (Å²) in [5.74, 6) is -1.12. The molecule has 1 aromatic rings. The Hall–Kier alpha value is -2.28. The molecule has 0 saturated carbocycles. The second-order valence-electron chi connectivity index (χ2n) is 5.12. The van der Waals surface area contributed by atoms with E-state index in [4.69, 9.17) is 0 Å². The van der Waals surface area contributed by atoms with Crippen LogP contribution in [0.1, 0.15) is 24.2 Å². The van der Waals surface area contributed by atoms with Gasteiger partial charge < -0.3 is 10.2 Å². The maximum Gasteiger partial charge on any atom is 0.299 e. The molecule has 7 nitrogen and oxygen atoms in total. The SMILES string of the molecule is CCNCC(C)CN1C(=O)C(=O)c2cc([N+](=O)[O-])ccc21. The van der Waals surface area contributed by atoms with Crippen LogP contribution >= 0.6 is 0 Å². The van der Waals surface area contributed by atoms with Gasteiger partial charge in [0, 0.05) is 18.7 Å². The number of benzene rings is 1. The summed E-state index contributed by atoms with van der Waals surface area (Å²) in [4.78, 5) is 35.6. The van der Waals surface area contributed by atoms with Crippen molar-refractivity contribution in [2.75, 3.05) is 24.5 Å². The molecule has 1 N–H and O–H groups in total. The zero-order chi connectivity index (χ0) is 15.6. The summed E-state index contributed by atoms with van der Waals surface area (Å²) < 4.78 is 0. The van der Waals surface area contributed by atoms with E-state index in [9.17, 15) is 19.7 Å². The summed E-state index contributed by atoms with van der Waals surface area (Å²) in [7, 11) is 0. The number of carbonyl (C=O) groups is 2. The Morgan fingerprint density at radius 3 is 2.71 bits per heavy atom. The molecular weight excluding hydrogens is 274 g/mol. The lowest BCUT2D eigenvalue weighted by Crippen LogP contribution is -2.36. The number of carbonyl (C=O) groups excluding carboxylic acids is 2. The number of ketones is 1. The van der Waals surface area contributed by atoms with Gasteiger partial charge in [0.25, 0.3) is 17.4 Å². The number of Topliss-reactive ketones (excluding diaryl/α,β-unsaturated/α-hetero) is 1. The Morgan fingerprint density at radius 2 is 2.10 bits per heavy atom. The van der Waals surface area contributed by atoms with Gasteiger partial charge in [-0.25, -0.2) is 0 Å². The molecule has 112 valence electrons. The lowest BCUT2D eigenvalue weighted by atomic mass is 10.1. The Labute approximate surface area is 122 Å². The molecule has 2 rings (SSSR count). The zero-order valence-electron chi connectivity index (χ0n) is 12.0. The summed E-state index contributed by atoms with van der Waals surface area (Å²) in [5, 5.41) is 13.9. The van der Waals surface area contributed by atoms with Crippen molar-refractivity contribution >= 4 is 23.1 Å². The lowest BCUT2D eigenvalue weighted by molar-refractivity contribution is -0.384. The van der Waals surface area contributed by atoms with Crippen molar-refractivity contribution in [3.05, 3.63) is 33.9 Å². The summed E-state index contributed by atoms with van der Waals surface area (Å²) in [5.41, 5.74) is 0.390. The van der Waals surface area contributed by atoms with Gasteiger partial charge in [0.1, 0.15) is 0 Å². The molecule has 1 amide bonds. The normalized spacial score (nSPS) is 15.2. The molecule has 7 heteroatoms. The summed E-state index contributed by atoms with van der Waals surface area (Å²) >= 11 is 0. The number of amides is 1. The molecule has 1 aliphatic heterocycles. The minimum absolute atomic E-state index is 0.116. The summed E-state index contributed by atoms with van der Waals surface area (Å²) in [6.07, 6.45) is 0. The predicted molar refractivity (Wildman–Crippen MR) is 77.5 cm³/mol. The van der Waals surface area contributed by atoms with Crippen LogP contribution in [0, 0.1) is 16.0 Å². The molecule has 21 heavy (non-hydrogen) atoms. The van der Waals surface area contributed by atoms with Gasteiger partial charge in [-0.1, -0.05) is 13.8 Å². The predicted octanol–water partition coefficient (Wildman–Crippen LogP) is 1.37. The largest absolute Gasteiger partial charge is 0.317 e. The highest BCUT2D eigenvalue weighted by atomic mass is 16.6. The number of hydrogen-bond donors (Lipinski definition) is 1. The first kappa shape index (κ1) is 15.1. The molecule has 1 aromatic carbocycles. The van der Waals surface area contributed by atoms with E-state index in [1.165, 1.54) is 23.1 Å². The minimum Gasteiger partial charge on any atom is -0.317 e. The third-order valence-electron chi connectivity index (χ3n) is 3.40. The van der Waals surface area contributed by atoms with E-state index in [1.54, 1.807) is 0 Å². The number of hydrogen-bond acceptors (Lipinski definition) is 5. The highest BCUT2D eigenvalue weighted by molar-refractivity contribution is 6.52. The van der Waals surface area contributed by atoms with Gasteiger partial charge in [-0.3, -0.25) is 19.7 Å². The molecule has 1 unspecified atom stereocenters. The Bertz CT molecular complexity index is 600. The standard InChI is InChI=1S/C14H17N3O4/c1-3-15-7-9(2)8-16-12-5-4-10(17(20)21)6-11(12)13(18)14(16)19/h4-6,9,15H,3,7-8H2,1-2H3. The van der Waals surface area contributed by atoms with Gasteiger partial charge >= 0.3 is 0 Å². The Morgan fingerprint density at radius 1 is 1.38 bits per heavy atom. The number of fused-ring (bicyclic) bond motifs is 1. The van der Waals surface area contributed by atoms with Crippen LogP contribution in [0.3, 0.4) is 0 Å². The first-order valence-electron chi connectivity index (χ1n) is 6.81. The molecule has 1 heterocycles. The Balaban J connectivity index is 2.25. The van der Waals surface area contributed by atoms with E-state index < -0.39 is 16.6 Å². The van der Waals surface area contributed by atoms with Crippen molar-refractivity contribution in [2.24, 2.45) is 5.92 Å². The van der Waals surface area contributed by atoms with E-state index >= 15 is 0 Å².